The van der Waals surface area contributed by atoms with Crippen molar-refractivity contribution in [2.45, 2.75) is 98.0 Å². The molecule has 344 valence electrons. The van der Waals surface area contributed by atoms with E-state index in [1.54, 1.807) is 32.5 Å². The third kappa shape index (κ3) is 9.97. The molecular formula is C49H66N8O7. The highest BCUT2D eigenvalue weighted by molar-refractivity contribution is 5.96. The van der Waals surface area contributed by atoms with Crippen LogP contribution in [0, 0.1) is 17.3 Å². The Morgan fingerprint density at radius 3 is 2.52 bits per heavy atom. The van der Waals surface area contributed by atoms with Crippen LogP contribution in [0.1, 0.15) is 77.3 Å². The van der Waals surface area contributed by atoms with Gasteiger partial charge in [0.1, 0.15) is 23.9 Å². The Morgan fingerprint density at radius 2 is 1.81 bits per heavy atom. The molecule has 3 aliphatic heterocycles. The predicted octanol–water partition coefficient (Wildman–Crippen LogP) is 4.74. The first kappa shape index (κ1) is 46.6. The van der Waals surface area contributed by atoms with Gasteiger partial charge in [0, 0.05) is 87.9 Å². The Hall–Kier alpha value is -5.35. The Kier molecular flexibility index (Phi) is 14.4. The van der Waals surface area contributed by atoms with Crippen molar-refractivity contribution in [3.8, 4) is 28.1 Å². The summed E-state index contributed by atoms with van der Waals surface area (Å²) in [7, 11) is 3.32. The number of ether oxygens (including phenoxy) is 2. The van der Waals surface area contributed by atoms with E-state index in [2.05, 4.69) is 64.9 Å². The smallest absolute Gasteiger partial charge is 0.324 e. The van der Waals surface area contributed by atoms with Crippen molar-refractivity contribution in [2.75, 3.05) is 53.5 Å². The van der Waals surface area contributed by atoms with Crippen LogP contribution in [0.25, 0.3) is 33.3 Å². The molecule has 1 unspecified atom stereocenters. The monoisotopic (exact) mass is 879 g/mol. The highest BCUT2D eigenvalue weighted by Crippen LogP contribution is 2.42. The third-order valence-corrected chi connectivity index (χ3v) is 13.0. The van der Waals surface area contributed by atoms with Crippen molar-refractivity contribution in [3.05, 3.63) is 71.5 Å². The summed E-state index contributed by atoms with van der Waals surface area (Å²) in [6.45, 7) is 15.6. The second kappa shape index (κ2) is 19.8. The number of esters is 1. The third-order valence-electron chi connectivity index (χ3n) is 13.0. The van der Waals surface area contributed by atoms with Crippen molar-refractivity contribution in [3.63, 3.8) is 0 Å². The molecule has 4 atom stereocenters. The van der Waals surface area contributed by atoms with Crippen molar-refractivity contribution >= 4 is 34.6 Å². The van der Waals surface area contributed by atoms with E-state index in [1.807, 2.05) is 39.0 Å². The molecule has 6 bridgehead atoms. The molecule has 2 aromatic carbocycles. The first-order chi connectivity index (χ1) is 30.6. The number of aryl methyl sites for hydroxylation is 1. The number of carbonyl (C=O) groups excluding carboxylic acids is 4. The molecular weight excluding hydrogens is 813 g/mol. The quantitative estimate of drug-likeness (QED) is 0.147. The maximum Gasteiger partial charge on any atom is 0.324 e. The van der Waals surface area contributed by atoms with Gasteiger partial charge in [-0.15, -0.1) is 0 Å². The fourth-order valence-electron chi connectivity index (χ4n) is 9.65. The molecule has 4 aromatic rings. The summed E-state index contributed by atoms with van der Waals surface area (Å²) in [6, 6.07) is 12.8. The number of rotatable bonds is 9. The Bertz CT molecular complexity index is 2350. The number of amides is 3. The van der Waals surface area contributed by atoms with Crippen LogP contribution in [0.3, 0.4) is 0 Å². The maximum absolute atomic E-state index is 14.7. The number of hydrazine groups is 1. The standard InChI is InChI=1S/C49H66N8O7/c1-9-56-41-15-14-32-24-37(41)38(44(56)36-12-10-16-52-42(36)30(4)63-8)25-49(5,6)28-64-48(62)39-13-11-19-57(54-39)47(61)40(22-31-20-33(32)23-35(58)21-31)53-45(59)43(29(2)3)55(7)46(60)34-26-50-17-18-51-27-34/h10,12,14-16,20-21,23-24,29-30,34,39-40,43,50-51,54,58H,9,11,13,17-19,22,25-28H2,1-8H3,(H,53,59)/t30-,39-,40-,43?/m0/s1. The zero-order valence-electron chi connectivity index (χ0n) is 38.6. The fraction of sp³-hybridized carbons (Fsp3) is 0.531. The molecule has 5 heterocycles. The van der Waals surface area contributed by atoms with Gasteiger partial charge < -0.3 is 40.0 Å². The van der Waals surface area contributed by atoms with Crippen molar-refractivity contribution in [1.82, 2.24) is 40.8 Å². The van der Waals surface area contributed by atoms with E-state index in [0.29, 0.717) is 51.0 Å². The van der Waals surface area contributed by atoms with Crippen LogP contribution in [-0.4, -0.2) is 120 Å². The van der Waals surface area contributed by atoms with E-state index in [-0.39, 0.29) is 42.6 Å². The number of likely N-dealkylation sites (N-methyl/N-ethyl adjacent to an activating group) is 1. The van der Waals surface area contributed by atoms with Crippen molar-refractivity contribution < 1.29 is 33.8 Å². The molecule has 3 aliphatic rings. The summed E-state index contributed by atoms with van der Waals surface area (Å²) in [5, 5.41) is 23.4. The largest absolute Gasteiger partial charge is 0.508 e. The van der Waals surface area contributed by atoms with Crippen LogP contribution in [0.4, 0.5) is 0 Å². The number of pyridine rings is 1. The normalized spacial score (nSPS) is 20.9. The fourth-order valence-corrected chi connectivity index (χ4v) is 9.65. The molecule has 0 saturated carbocycles. The van der Waals surface area contributed by atoms with E-state index >= 15 is 0 Å². The highest BCUT2D eigenvalue weighted by Gasteiger charge is 2.39. The van der Waals surface area contributed by atoms with Crippen molar-refractivity contribution in [1.29, 1.82) is 0 Å². The molecule has 15 heteroatoms. The van der Waals surface area contributed by atoms with Gasteiger partial charge in [0.05, 0.1) is 30.0 Å². The average Bonchev–Trinajstić information content (AvgIpc) is 3.39. The molecule has 2 aromatic heterocycles. The van der Waals surface area contributed by atoms with Gasteiger partial charge >= 0.3 is 5.97 Å². The van der Waals surface area contributed by atoms with Gasteiger partial charge in [-0.3, -0.25) is 29.2 Å². The molecule has 5 N–H and O–H groups in total. The second-order valence-corrected chi connectivity index (χ2v) is 18.8. The number of aromatic hydroxyl groups is 1. The molecule has 3 amide bonds. The van der Waals surface area contributed by atoms with Crippen LogP contribution in [0.2, 0.25) is 0 Å². The molecule has 2 saturated heterocycles. The highest BCUT2D eigenvalue weighted by atomic mass is 16.5. The minimum absolute atomic E-state index is 0.0103. The number of benzene rings is 2. The number of cyclic esters (lactones) is 1. The summed E-state index contributed by atoms with van der Waals surface area (Å²) in [5.74, 6) is -2.18. The van der Waals surface area contributed by atoms with E-state index in [0.717, 1.165) is 57.6 Å². The number of carbonyl (C=O) groups is 4. The topological polar surface area (TPSA) is 179 Å². The van der Waals surface area contributed by atoms with Gasteiger partial charge in [-0.2, -0.15) is 0 Å². The lowest BCUT2D eigenvalue weighted by Gasteiger charge is -2.37. The van der Waals surface area contributed by atoms with E-state index in [1.165, 1.54) is 9.91 Å². The minimum atomic E-state index is -1.12. The molecule has 2 fully saturated rings. The predicted molar refractivity (Wildman–Crippen MR) is 246 cm³/mol. The van der Waals surface area contributed by atoms with E-state index in [4.69, 9.17) is 14.5 Å². The number of nitrogens with zero attached hydrogens (tertiary/aromatic N) is 4. The number of phenols is 1. The molecule has 64 heavy (non-hydrogen) atoms. The van der Waals surface area contributed by atoms with E-state index < -0.39 is 41.3 Å². The summed E-state index contributed by atoms with van der Waals surface area (Å²) in [4.78, 5) is 63.2. The Morgan fingerprint density at radius 1 is 1.06 bits per heavy atom. The number of fused-ring (bicyclic) bond motifs is 6. The van der Waals surface area contributed by atoms with E-state index in [9.17, 15) is 24.3 Å². The first-order valence-electron chi connectivity index (χ1n) is 22.8. The van der Waals surface area contributed by atoms with Gasteiger partial charge in [-0.1, -0.05) is 39.8 Å². The van der Waals surface area contributed by atoms with Gasteiger partial charge in [0.25, 0.3) is 5.91 Å². The van der Waals surface area contributed by atoms with Gasteiger partial charge in [-0.25, -0.2) is 5.43 Å². The number of nitrogens with one attached hydrogen (secondary N) is 4. The van der Waals surface area contributed by atoms with Crippen LogP contribution in [0.15, 0.2) is 54.7 Å². The molecule has 0 radical (unpaired) electrons. The Balaban J connectivity index is 1.33. The molecule has 0 aliphatic carbocycles. The minimum Gasteiger partial charge on any atom is -0.508 e. The summed E-state index contributed by atoms with van der Waals surface area (Å²) >= 11 is 0. The maximum atomic E-state index is 14.7. The molecule has 0 spiro atoms. The number of hydrogen-bond acceptors (Lipinski definition) is 11. The lowest BCUT2D eigenvalue weighted by atomic mass is 9.84. The Labute approximate surface area is 376 Å². The van der Waals surface area contributed by atoms with Crippen LogP contribution in [0.5, 0.6) is 5.75 Å². The SMILES string of the molecule is CCn1c(-c2cccnc2[C@H](C)OC)c2c3cc(ccc31)-c1cc(O)cc(c1)C[C@H](NC(=O)C(C(C)C)N(C)C(=O)C1CNCCNC1)C(=O)N1CCC[C@H](N1)C(=O)OCC(C)(C)C2. The van der Waals surface area contributed by atoms with Gasteiger partial charge in [0.2, 0.25) is 11.8 Å². The van der Waals surface area contributed by atoms with Crippen LogP contribution >= 0.6 is 0 Å². The number of aromatic nitrogens is 2. The first-order valence-corrected chi connectivity index (χ1v) is 22.8. The zero-order valence-corrected chi connectivity index (χ0v) is 38.6. The van der Waals surface area contributed by atoms with Gasteiger partial charge in [0.15, 0.2) is 0 Å². The van der Waals surface area contributed by atoms with Crippen LogP contribution in [-0.2, 0) is 48.0 Å². The number of hydrogen-bond donors (Lipinski definition) is 5. The second-order valence-electron chi connectivity index (χ2n) is 18.8. The summed E-state index contributed by atoms with van der Waals surface area (Å²) < 4.78 is 14.2. The molecule has 15 nitrogen and oxygen atoms in total. The lowest BCUT2D eigenvalue weighted by Crippen LogP contribution is -2.62. The molecule has 7 rings (SSSR count). The van der Waals surface area contributed by atoms with Crippen LogP contribution < -0.4 is 21.4 Å². The van der Waals surface area contributed by atoms with Gasteiger partial charge in [-0.05, 0) is 97.7 Å². The summed E-state index contributed by atoms with van der Waals surface area (Å²) in [6.07, 6.45) is 3.08. The zero-order chi connectivity index (χ0) is 45.9. The summed E-state index contributed by atoms with van der Waals surface area (Å²) in [5.41, 5.74) is 9.70. The average molecular weight is 879 g/mol. The van der Waals surface area contributed by atoms with Crippen molar-refractivity contribution in [2.24, 2.45) is 17.3 Å². The number of phenolic OH excluding ortho intramolecular Hbond substituents is 1. The number of methoxy groups -OCH3 is 1. The lowest BCUT2D eigenvalue weighted by molar-refractivity contribution is -0.155.